The number of aromatic nitrogens is 2. The third-order valence-electron chi connectivity index (χ3n) is 5.24. The van der Waals surface area contributed by atoms with Crippen molar-refractivity contribution in [3.8, 4) is 0 Å². The molecule has 0 radical (unpaired) electrons. The average Bonchev–Trinajstić information content (AvgIpc) is 3.18. The van der Waals surface area contributed by atoms with Gasteiger partial charge in [-0.3, -0.25) is 9.89 Å². The van der Waals surface area contributed by atoms with E-state index in [1.807, 2.05) is 11.9 Å². The number of hydrogen-bond donors (Lipinski definition) is 2. The summed E-state index contributed by atoms with van der Waals surface area (Å²) in [4.78, 5) is 14.7. The maximum Gasteiger partial charge on any atom is 0.275 e. The number of hydrogen-bond acceptors (Lipinski definition) is 3. The molecule has 2 atom stereocenters. The van der Waals surface area contributed by atoms with Crippen LogP contribution in [0.1, 0.15) is 60.6 Å². The van der Waals surface area contributed by atoms with Crippen molar-refractivity contribution in [1.29, 1.82) is 0 Å². The quantitative estimate of drug-likeness (QED) is 0.835. The van der Waals surface area contributed by atoms with E-state index in [-0.39, 0.29) is 18.3 Å². The molecule has 2 unspecified atom stereocenters. The molecular weight excluding hydrogens is 368 g/mol. The first-order valence-corrected chi connectivity index (χ1v) is 8.69. The summed E-state index contributed by atoms with van der Waals surface area (Å²) in [6.45, 7) is 0. The molecule has 2 saturated heterocycles. The van der Waals surface area contributed by atoms with Gasteiger partial charge in [-0.25, -0.2) is 0 Å². The second-order valence-corrected chi connectivity index (χ2v) is 7.55. The minimum absolute atomic E-state index is 0. The number of H-pyrrole nitrogens is 1. The lowest BCUT2D eigenvalue weighted by Gasteiger charge is -2.35. The molecule has 3 aliphatic rings. The summed E-state index contributed by atoms with van der Waals surface area (Å²) in [6, 6.07) is 1.52. The number of nitrogens with zero attached hydrogens (tertiary/aromatic N) is 2. The van der Waals surface area contributed by atoms with E-state index in [2.05, 4.69) is 31.4 Å². The first-order valence-electron chi connectivity index (χ1n) is 7.90. The van der Waals surface area contributed by atoms with Gasteiger partial charge in [0.05, 0.1) is 10.2 Å². The highest BCUT2D eigenvalue weighted by Gasteiger charge is 2.38. The van der Waals surface area contributed by atoms with Crippen LogP contribution in [0.15, 0.2) is 4.47 Å². The molecule has 1 amide bonds. The lowest BCUT2D eigenvalue weighted by atomic mass is 9.98. The number of nitrogens with one attached hydrogen (secondary N) is 2. The van der Waals surface area contributed by atoms with Gasteiger partial charge in [-0.2, -0.15) is 5.10 Å². The van der Waals surface area contributed by atoms with Gasteiger partial charge in [-0.1, -0.05) is 0 Å². The van der Waals surface area contributed by atoms with Crippen molar-refractivity contribution in [3.63, 3.8) is 0 Å². The van der Waals surface area contributed by atoms with Crippen LogP contribution in [-0.4, -0.2) is 46.2 Å². The van der Waals surface area contributed by atoms with E-state index in [0.717, 1.165) is 23.0 Å². The molecular formula is C15H22BrClN4O. The molecule has 2 N–H and O–H groups in total. The van der Waals surface area contributed by atoms with E-state index in [0.29, 0.717) is 29.7 Å². The molecule has 7 heteroatoms. The van der Waals surface area contributed by atoms with Gasteiger partial charge in [0.25, 0.3) is 5.91 Å². The SMILES string of the molecule is CN(C(=O)c1n[nH]c(C2CC2)c1Br)C1CC2CCC(C1)N2.Cl. The lowest BCUT2D eigenvalue weighted by Crippen LogP contribution is -2.48. The number of aromatic amines is 1. The maximum absolute atomic E-state index is 12.7. The largest absolute Gasteiger partial charge is 0.337 e. The second-order valence-electron chi connectivity index (χ2n) is 6.75. The summed E-state index contributed by atoms with van der Waals surface area (Å²) >= 11 is 3.57. The van der Waals surface area contributed by atoms with E-state index in [1.54, 1.807) is 0 Å². The van der Waals surface area contributed by atoms with Crippen LogP contribution < -0.4 is 5.32 Å². The molecule has 5 nitrogen and oxygen atoms in total. The molecule has 3 heterocycles. The van der Waals surface area contributed by atoms with Crippen molar-refractivity contribution < 1.29 is 4.79 Å². The van der Waals surface area contributed by atoms with Gasteiger partial charge in [0.15, 0.2) is 5.69 Å². The summed E-state index contributed by atoms with van der Waals surface area (Å²) in [5.74, 6) is 0.602. The minimum Gasteiger partial charge on any atom is -0.337 e. The van der Waals surface area contributed by atoms with Crippen LogP contribution in [0.2, 0.25) is 0 Å². The van der Waals surface area contributed by atoms with E-state index in [1.165, 1.54) is 25.7 Å². The summed E-state index contributed by atoms with van der Waals surface area (Å²) < 4.78 is 0.874. The first kappa shape index (κ1) is 16.3. The van der Waals surface area contributed by atoms with E-state index in [4.69, 9.17) is 0 Å². The van der Waals surface area contributed by atoms with Crippen molar-refractivity contribution in [2.75, 3.05) is 7.05 Å². The molecule has 0 spiro atoms. The predicted octanol–water partition coefficient (Wildman–Crippen LogP) is 2.83. The smallest absolute Gasteiger partial charge is 0.275 e. The Bertz CT molecular complexity index is 562. The Morgan fingerprint density at radius 2 is 1.86 bits per heavy atom. The second kappa shape index (κ2) is 6.13. The Kier molecular flexibility index (Phi) is 4.54. The molecule has 1 aromatic rings. The number of piperidine rings is 1. The van der Waals surface area contributed by atoms with E-state index < -0.39 is 0 Å². The van der Waals surface area contributed by atoms with Gasteiger partial charge in [0, 0.05) is 31.1 Å². The van der Waals surface area contributed by atoms with Crippen molar-refractivity contribution in [2.45, 2.75) is 62.6 Å². The van der Waals surface area contributed by atoms with Gasteiger partial charge >= 0.3 is 0 Å². The molecule has 2 aliphatic heterocycles. The van der Waals surface area contributed by atoms with Crippen molar-refractivity contribution >= 4 is 34.2 Å². The van der Waals surface area contributed by atoms with Gasteiger partial charge in [0.1, 0.15) is 0 Å². The summed E-state index contributed by atoms with van der Waals surface area (Å²) in [6.07, 6.45) is 7.03. The Morgan fingerprint density at radius 1 is 1.23 bits per heavy atom. The molecule has 4 rings (SSSR count). The van der Waals surface area contributed by atoms with Crippen LogP contribution in [-0.2, 0) is 0 Å². The summed E-state index contributed by atoms with van der Waals surface area (Å²) in [5.41, 5.74) is 1.64. The Hall–Kier alpha value is -0.590. The van der Waals surface area contributed by atoms with Crippen molar-refractivity contribution in [3.05, 3.63) is 15.9 Å². The van der Waals surface area contributed by atoms with Crippen LogP contribution in [0.5, 0.6) is 0 Å². The Labute approximate surface area is 145 Å². The zero-order chi connectivity index (χ0) is 14.6. The minimum atomic E-state index is 0. The number of carbonyl (C=O) groups excluding carboxylic acids is 1. The number of rotatable bonds is 3. The number of halogens is 2. The van der Waals surface area contributed by atoms with Gasteiger partial charge in [-0.15, -0.1) is 12.4 Å². The maximum atomic E-state index is 12.7. The third kappa shape index (κ3) is 2.81. The Morgan fingerprint density at radius 3 is 2.45 bits per heavy atom. The molecule has 22 heavy (non-hydrogen) atoms. The molecule has 122 valence electrons. The Balaban J connectivity index is 0.00000144. The normalized spacial score (nSPS) is 30.0. The van der Waals surface area contributed by atoms with Crippen LogP contribution in [0.25, 0.3) is 0 Å². The monoisotopic (exact) mass is 388 g/mol. The van der Waals surface area contributed by atoms with Crippen LogP contribution in [0.3, 0.4) is 0 Å². The summed E-state index contributed by atoms with van der Waals surface area (Å²) in [5, 5.41) is 10.9. The molecule has 3 fully saturated rings. The summed E-state index contributed by atoms with van der Waals surface area (Å²) in [7, 11) is 1.93. The van der Waals surface area contributed by atoms with E-state index in [9.17, 15) is 4.79 Å². The molecule has 2 bridgehead atoms. The van der Waals surface area contributed by atoms with Gasteiger partial charge < -0.3 is 10.2 Å². The number of amides is 1. The fourth-order valence-electron chi connectivity index (χ4n) is 3.80. The van der Waals surface area contributed by atoms with Crippen LogP contribution in [0.4, 0.5) is 0 Å². The molecule has 1 saturated carbocycles. The van der Waals surface area contributed by atoms with Crippen LogP contribution in [0, 0.1) is 0 Å². The molecule has 1 aliphatic carbocycles. The van der Waals surface area contributed by atoms with Crippen molar-refractivity contribution in [1.82, 2.24) is 20.4 Å². The highest BCUT2D eigenvalue weighted by Crippen LogP contribution is 2.43. The molecule has 0 aromatic carbocycles. The standard InChI is InChI=1S/C15H21BrN4O.ClH/c1-20(11-6-9-4-5-10(7-11)17-9)15(21)14-12(16)13(18-19-14)8-2-3-8;/h8-11,17H,2-7H2,1H3,(H,18,19);1H. The fourth-order valence-corrected chi connectivity index (χ4v) is 4.47. The van der Waals surface area contributed by atoms with Gasteiger partial charge in [0.2, 0.25) is 0 Å². The van der Waals surface area contributed by atoms with Gasteiger partial charge in [-0.05, 0) is 54.5 Å². The number of fused-ring (bicyclic) bond motifs is 2. The lowest BCUT2D eigenvalue weighted by molar-refractivity contribution is 0.0675. The first-order chi connectivity index (χ1) is 10.1. The van der Waals surface area contributed by atoms with Crippen molar-refractivity contribution in [2.24, 2.45) is 0 Å². The zero-order valence-electron chi connectivity index (χ0n) is 12.6. The predicted molar refractivity (Wildman–Crippen MR) is 90.6 cm³/mol. The van der Waals surface area contributed by atoms with Crippen LogP contribution >= 0.6 is 28.3 Å². The molecule has 1 aromatic heterocycles. The number of carbonyl (C=O) groups is 1. The third-order valence-corrected chi connectivity index (χ3v) is 6.04. The highest BCUT2D eigenvalue weighted by molar-refractivity contribution is 9.10. The highest BCUT2D eigenvalue weighted by atomic mass is 79.9. The van der Waals surface area contributed by atoms with E-state index >= 15 is 0 Å². The fraction of sp³-hybridized carbons (Fsp3) is 0.733. The average molecular weight is 390 g/mol. The zero-order valence-corrected chi connectivity index (χ0v) is 15.0. The topological polar surface area (TPSA) is 61.0 Å².